The number of rotatable bonds is 11. The molecule has 3 aromatic carbocycles. The Hall–Kier alpha value is -5.99. The van der Waals surface area contributed by atoms with E-state index in [4.69, 9.17) is 29.7 Å². The second-order valence-electron chi connectivity index (χ2n) is 21.2. The third-order valence-electron chi connectivity index (χ3n) is 16.5. The topological polar surface area (TPSA) is 211 Å². The average Bonchev–Trinajstić information content (AvgIpc) is 4.19. The first-order valence-corrected chi connectivity index (χ1v) is 26.2. The number of ether oxygens (including phenoxy) is 4. The summed E-state index contributed by atoms with van der Waals surface area (Å²) in [4.78, 5) is 42.6. The number of nitrogens with zero attached hydrogens (tertiary/aromatic N) is 6. The van der Waals surface area contributed by atoms with Crippen molar-refractivity contribution in [2.45, 2.75) is 104 Å². The van der Waals surface area contributed by atoms with Gasteiger partial charge in [-0.2, -0.15) is 4.98 Å². The molecule has 9 heterocycles. The molecular formula is C51H57N9O9S. The van der Waals surface area contributed by atoms with E-state index in [2.05, 4.69) is 63.1 Å². The molecule has 5 saturated heterocycles. The smallest absolute Gasteiger partial charge is 0.297 e. The lowest BCUT2D eigenvalue weighted by Gasteiger charge is -2.62. The lowest BCUT2D eigenvalue weighted by molar-refractivity contribution is -0.384. The molecule has 19 heteroatoms. The van der Waals surface area contributed by atoms with Gasteiger partial charge in [0.25, 0.3) is 11.6 Å². The number of carbonyl (C=O) groups excluding carboxylic acids is 1. The number of carbonyl (C=O) groups is 1. The van der Waals surface area contributed by atoms with Crippen LogP contribution in [0.15, 0.2) is 76.7 Å². The van der Waals surface area contributed by atoms with Crippen LogP contribution in [0.4, 0.5) is 28.4 Å². The number of morpholine rings is 1. The molecule has 13 rings (SSSR count). The Morgan fingerprint density at radius 2 is 1.87 bits per heavy atom. The van der Waals surface area contributed by atoms with Gasteiger partial charge in [-0.1, -0.05) is 38.1 Å². The average molecular weight is 972 g/mol. The van der Waals surface area contributed by atoms with Gasteiger partial charge in [0.05, 0.1) is 64.8 Å². The van der Waals surface area contributed by atoms with Crippen LogP contribution in [0.1, 0.15) is 79.4 Å². The van der Waals surface area contributed by atoms with Crippen molar-refractivity contribution >= 4 is 55.2 Å². The predicted molar refractivity (Wildman–Crippen MR) is 260 cm³/mol. The Morgan fingerprint density at radius 1 is 1.03 bits per heavy atom. The van der Waals surface area contributed by atoms with Crippen LogP contribution in [0.5, 0.6) is 11.6 Å². The Balaban J connectivity index is 0.897. The van der Waals surface area contributed by atoms with Crippen LogP contribution < -0.4 is 30.3 Å². The van der Waals surface area contributed by atoms with Crippen molar-refractivity contribution in [3.8, 4) is 11.6 Å². The quantitative estimate of drug-likeness (QED) is 0.0983. The number of primary amides is 1. The zero-order chi connectivity index (χ0) is 47.8. The van der Waals surface area contributed by atoms with E-state index in [1.54, 1.807) is 23.2 Å². The van der Waals surface area contributed by atoms with Crippen LogP contribution in [0.3, 0.4) is 0 Å². The van der Waals surface area contributed by atoms with Crippen molar-refractivity contribution in [2.24, 2.45) is 11.1 Å². The molecule has 1 saturated carbocycles. The van der Waals surface area contributed by atoms with E-state index in [1.807, 2.05) is 12.1 Å². The molecule has 8 aliphatic rings. The summed E-state index contributed by atoms with van der Waals surface area (Å²) in [5.41, 5.74) is 10.1. The van der Waals surface area contributed by atoms with Crippen LogP contribution in [-0.4, -0.2) is 135 Å². The van der Waals surface area contributed by atoms with Crippen molar-refractivity contribution in [1.82, 2.24) is 19.8 Å². The second kappa shape index (κ2) is 16.3. The van der Waals surface area contributed by atoms with E-state index in [9.17, 15) is 14.9 Å². The van der Waals surface area contributed by atoms with E-state index in [0.717, 1.165) is 56.6 Å². The normalized spacial score (nSPS) is 26.9. The summed E-state index contributed by atoms with van der Waals surface area (Å²) >= 11 is 0. The molecule has 2 aromatic heterocycles. The first-order valence-electron chi connectivity index (χ1n) is 24.7. The summed E-state index contributed by atoms with van der Waals surface area (Å²) in [6, 6.07) is 18.5. The Labute approximate surface area is 405 Å². The van der Waals surface area contributed by atoms with E-state index in [-0.39, 0.29) is 81.8 Å². The molecule has 6 atom stereocenters. The maximum absolute atomic E-state index is 16.0. The van der Waals surface area contributed by atoms with E-state index in [0.29, 0.717) is 61.3 Å². The van der Waals surface area contributed by atoms with Gasteiger partial charge in [0.2, 0.25) is 15.7 Å². The number of hydrogen-bond acceptors (Lipinski definition) is 15. The maximum atomic E-state index is 16.0. The molecule has 70 heavy (non-hydrogen) atoms. The van der Waals surface area contributed by atoms with Gasteiger partial charge in [-0.25, -0.2) is 8.42 Å². The Bertz CT molecular complexity index is 3080. The van der Waals surface area contributed by atoms with Gasteiger partial charge in [0.15, 0.2) is 11.4 Å². The molecule has 366 valence electrons. The number of hydrogen-bond donors (Lipinski definition) is 3. The minimum Gasteiger partial charge on any atom is -0.489 e. The highest BCUT2D eigenvalue weighted by atomic mass is 32.2. The zero-order valence-electron chi connectivity index (χ0n) is 39.2. The third kappa shape index (κ3) is 6.97. The number of nitro benzene ring substituents is 1. The molecular weight excluding hydrogens is 915 g/mol. The fraction of sp³-hybridized carbons (Fsp3) is 0.490. The second-order valence-corrected chi connectivity index (χ2v) is 23.0. The lowest BCUT2D eigenvalue weighted by atomic mass is 9.60. The van der Waals surface area contributed by atoms with Gasteiger partial charge in [0, 0.05) is 73.4 Å². The summed E-state index contributed by atoms with van der Waals surface area (Å²) in [7, 11) is -4.76. The van der Waals surface area contributed by atoms with Crippen LogP contribution in [0.2, 0.25) is 0 Å². The standard InChI is InChI=1S/C51H57N9O9S/c1-28(2)35-6-3-4-7-36(35)38-8-5-13-58(38)32-18-51(19-32)26-57(27-51)39-10-9-37(48(52)61)46(59-41-14-29-11-12-53-49(29)55-50(41)69-44-25-66-24-42(44)59)47(39)70(64,65)34-16-40(60(62)63)45-43(17-34)68-22-30(54-45)20-56-21-33-15-31(56)23-67-33/h3-4,6-7,9-12,14,16-17,28,30-33,38,42,44,54H,5,8,13,15,18-27H2,1-2H3,(H2,52,61)(H,53,55)/t30-,31+,33+,38-,42+,44+/m0/s1. The van der Waals surface area contributed by atoms with Crippen LogP contribution in [0.25, 0.3) is 11.0 Å². The van der Waals surface area contributed by atoms with Crippen LogP contribution >= 0.6 is 0 Å². The lowest BCUT2D eigenvalue weighted by Crippen LogP contribution is -2.66. The Kier molecular flexibility index (Phi) is 10.2. The van der Waals surface area contributed by atoms with Gasteiger partial charge in [-0.15, -0.1) is 0 Å². The van der Waals surface area contributed by atoms with Gasteiger partial charge in [-0.3, -0.25) is 24.7 Å². The van der Waals surface area contributed by atoms with Crippen molar-refractivity contribution in [3.05, 3.63) is 93.7 Å². The minimum atomic E-state index is -4.76. The number of likely N-dealkylation sites (tertiary alicyclic amines) is 2. The molecule has 1 spiro atoms. The molecule has 6 fully saturated rings. The molecule has 18 nitrogen and oxygen atoms in total. The highest BCUT2D eigenvalue weighted by Gasteiger charge is 2.56. The zero-order valence-corrected chi connectivity index (χ0v) is 40.0. The number of benzene rings is 3. The molecule has 5 aromatic rings. The first-order chi connectivity index (χ1) is 33.8. The maximum Gasteiger partial charge on any atom is 0.297 e. The number of nitrogens with two attached hydrogens (primary N) is 1. The number of nitrogens with one attached hydrogen (secondary N) is 2. The predicted octanol–water partition coefficient (Wildman–Crippen LogP) is 6.28. The summed E-state index contributed by atoms with van der Waals surface area (Å²) in [6.07, 6.45) is 6.54. The number of aromatic nitrogens is 2. The highest BCUT2D eigenvalue weighted by Crippen LogP contribution is 2.57. The van der Waals surface area contributed by atoms with Crippen LogP contribution in [-0.2, 0) is 19.3 Å². The largest absolute Gasteiger partial charge is 0.489 e. The fourth-order valence-corrected chi connectivity index (χ4v) is 14.9. The summed E-state index contributed by atoms with van der Waals surface area (Å²) in [5.74, 6) is -0.125. The molecule has 4 N–H and O–H groups in total. The summed E-state index contributed by atoms with van der Waals surface area (Å²) in [6.45, 7) is 9.28. The number of fused-ring (bicyclic) bond motifs is 6. The summed E-state index contributed by atoms with van der Waals surface area (Å²) in [5, 5.41) is 17.1. The molecule has 1 amide bonds. The first kappa shape index (κ1) is 44.0. The number of H-pyrrole nitrogens is 1. The molecule has 7 aliphatic heterocycles. The number of pyridine rings is 1. The molecule has 1 aliphatic carbocycles. The van der Waals surface area contributed by atoms with Crippen molar-refractivity contribution < 1.29 is 37.1 Å². The van der Waals surface area contributed by atoms with Gasteiger partial charge in [0.1, 0.15) is 28.9 Å². The summed E-state index contributed by atoms with van der Waals surface area (Å²) < 4.78 is 56.6. The number of sulfone groups is 1. The van der Waals surface area contributed by atoms with Gasteiger partial charge >= 0.3 is 0 Å². The fourth-order valence-electron chi connectivity index (χ4n) is 13.2. The van der Waals surface area contributed by atoms with Crippen LogP contribution in [0, 0.1) is 15.5 Å². The Morgan fingerprint density at radius 3 is 2.64 bits per heavy atom. The molecule has 0 unspecified atom stereocenters. The monoisotopic (exact) mass is 971 g/mol. The number of amides is 1. The van der Waals surface area contributed by atoms with Gasteiger partial charge in [-0.05, 0) is 80.0 Å². The minimum absolute atomic E-state index is 0.0371. The molecule has 2 bridgehead atoms. The van der Waals surface area contributed by atoms with Crippen molar-refractivity contribution in [2.75, 3.05) is 74.3 Å². The molecule has 0 radical (unpaired) electrons. The third-order valence-corrected chi connectivity index (χ3v) is 18.3. The van der Waals surface area contributed by atoms with E-state index >= 15 is 8.42 Å². The SMILES string of the molecule is CC(C)c1ccccc1[C@@H]1CCCN1C1CC2(C1)CN(c1ccc(C(N)=O)c(N3c4cc5cc[nH]c5nc4O[C@@H]4COC[C@H]43)c1S(=O)(=O)c1cc3c(c([N+](=O)[O-])c1)N[C@@H](CN1C[C@H]4C[C@@H]1CO4)CO3)C2. The van der Waals surface area contributed by atoms with E-state index < -0.39 is 38.5 Å². The number of nitro groups is 1. The van der Waals surface area contributed by atoms with Crippen molar-refractivity contribution in [3.63, 3.8) is 0 Å². The number of aromatic amines is 1. The van der Waals surface area contributed by atoms with E-state index in [1.165, 1.54) is 17.2 Å². The number of anilines is 4. The van der Waals surface area contributed by atoms with Gasteiger partial charge < -0.3 is 44.8 Å². The van der Waals surface area contributed by atoms with Crippen molar-refractivity contribution in [1.29, 1.82) is 0 Å². The highest BCUT2D eigenvalue weighted by molar-refractivity contribution is 7.91.